The van der Waals surface area contributed by atoms with Crippen LogP contribution in [0.25, 0.3) is 0 Å². The van der Waals surface area contributed by atoms with Crippen molar-refractivity contribution in [1.29, 1.82) is 0 Å². The van der Waals surface area contributed by atoms with Crippen LogP contribution in [0.15, 0.2) is 47.7 Å². The Kier molecular flexibility index (Phi) is 4.30. The molecule has 1 aromatic heterocycles. The molecule has 0 aliphatic carbocycles. The highest BCUT2D eigenvalue weighted by atomic mass is 16.5. The lowest BCUT2D eigenvalue weighted by molar-refractivity contribution is 0.412. The first-order chi connectivity index (χ1) is 9.24. The van der Waals surface area contributed by atoms with Crippen molar-refractivity contribution in [1.82, 2.24) is 14.9 Å². The first-order valence-electron chi connectivity index (χ1n) is 6.06. The molecule has 1 N–H and O–H groups in total. The monoisotopic (exact) mass is 259 g/mol. The molecule has 0 aliphatic heterocycles. The maximum Gasteiger partial charge on any atom is 0.253 e. The summed E-state index contributed by atoms with van der Waals surface area (Å²) in [5.74, 6) is 0.802. The summed E-state index contributed by atoms with van der Waals surface area (Å²) < 4.78 is 6.80. The van der Waals surface area contributed by atoms with Crippen LogP contribution in [-0.2, 0) is 6.54 Å². The maximum atomic E-state index is 11.7. The van der Waals surface area contributed by atoms with Crippen LogP contribution in [0.2, 0.25) is 0 Å². The first kappa shape index (κ1) is 13.3. The molecule has 0 fully saturated rings. The minimum absolute atomic E-state index is 0.0250. The zero-order valence-corrected chi connectivity index (χ0v) is 11.0. The lowest BCUT2D eigenvalue weighted by Crippen LogP contribution is -2.28. The summed E-state index contributed by atoms with van der Waals surface area (Å²) in [5, 5.41) is 3.20. The van der Waals surface area contributed by atoms with Crippen molar-refractivity contribution in [3.63, 3.8) is 0 Å². The SMILES string of the molecule is CNC(Cn1cnccc1=O)c1cccc(OC)c1. The van der Waals surface area contributed by atoms with Crippen molar-refractivity contribution in [3.05, 3.63) is 58.8 Å². The van der Waals surface area contributed by atoms with Crippen LogP contribution >= 0.6 is 0 Å². The Hall–Kier alpha value is -2.14. The zero-order valence-electron chi connectivity index (χ0n) is 11.0. The number of hydrogen-bond acceptors (Lipinski definition) is 4. The summed E-state index contributed by atoms with van der Waals surface area (Å²) in [4.78, 5) is 15.7. The number of nitrogens with one attached hydrogen (secondary N) is 1. The minimum Gasteiger partial charge on any atom is -0.497 e. The number of likely N-dealkylation sites (N-methyl/N-ethyl adjacent to an activating group) is 1. The molecule has 0 saturated heterocycles. The predicted molar refractivity (Wildman–Crippen MR) is 73.3 cm³/mol. The van der Waals surface area contributed by atoms with Crippen molar-refractivity contribution >= 4 is 0 Å². The van der Waals surface area contributed by atoms with Crippen LogP contribution in [0.5, 0.6) is 5.75 Å². The van der Waals surface area contributed by atoms with E-state index >= 15 is 0 Å². The molecule has 2 rings (SSSR count). The minimum atomic E-state index is -0.0573. The largest absolute Gasteiger partial charge is 0.497 e. The Balaban J connectivity index is 2.25. The standard InChI is InChI=1S/C14H17N3O2/c1-15-13(9-17-10-16-7-6-14(17)18)11-4-3-5-12(8-11)19-2/h3-8,10,13,15H,9H2,1-2H3. The van der Waals surface area contributed by atoms with Crippen molar-refractivity contribution in [2.24, 2.45) is 0 Å². The summed E-state index contributed by atoms with van der Waals surface area (Å²) in [7, 11) is 3.50. The molecule has 1 heterocycles. The molecule has 0 radical (unpaired) electrons. The normalized spacial score (nSPS) is 12.1. The molecule has 2 aromatic rings. The second-order valence-electron chi connectivity index (χ2n) is 4.19. The molecule has 19 heavy (non-hydrogen) atoms. The van der Waals surface area contributed by atoms with Crippen LogP contribution in [-0.4, -0.2) is 23.7 Å². The van der Waals surface area contributed by atoms with Gasteiger partial charge in [0.25, 0.3) is 5.56 Å². The van der Waals surface area contributed by atoms with Gasteiger partial charge >= 0.3 is 0 Å². The van der Waals surface area contributed by atoms with E-state index in [1.54, 1.807) is 18.0 Å². The van der Waals surface area contributed by atoms with E-state index in [4.69, 9.17) is 4.74 Å². The van der Waals surface area contributed by atoms with Crippen LogP contribution < -0.4 is 15.6 Å². The van der Waals surface area contributed by atoms with Gasteiger partial charge in [0.1, 0.15) is 5.75 Å². The van der Waals surface area contributed by atoms with Gasteiger partial charge in [0.05, 0.1) is 19.5 Å². The molecule has 0 aliphatic rings. The third kappa shape index (κ3) is 3.20. The third-order valence-electron chi connectivity index (χ3n) is 3.02. The van der Waals surface area contributed by atoms with Gasteiger partial charge in [0.15, 0.2) is 0 Å². The van der Waals surface area contributed by atoms with E-state index in [2.05, 4.69) is 10.3 Å². The quantitative estimate of drug-likeness (QED) is 0.877. The number of rotatable bonds is 5. The van der Waals surface area contributed by atoms with E-state index < -0.39 is 0 Å². The van der Waals surface area contributed by atoms with Crippen molar-refractivity contribution in [2.75, 3.05) is 14.2 Å². The molecule has 0 saturated carbocycles. The fraction of sp³-hybridized carbons (Fsp3) is 0.286. The Morgan fingerprint density at radius 1 is 1.42 bits per heavy atom. The topological polar surface area (TPSA) is 56.2 Å². The zero-order chi connectivity index (χ0) is 13.7. The molecule has 1 atom stereocenters. The number of benzene rings is 1. The van der Waals surface area contributed by atoms with E-state index in [-0.39, 0.29) is 11.6 Å². The lowest BCUT2D eigenvalue weighted by atomic mass is 10.1. The van der Waals surface area contributed by atoms with Gasteiger partial charge in [-0.15, -0.1) is 0 Å². The van der Waals surface area contributed by atoms with Crippen LogP contribution in [0.3, 0.4) is 0 Å². The Bertz CT molecular complexity index is 595. The maximum absolute atomic E-state index is 11.7. The van der Waals surface area contributed by atoms with Crippen molar-refractivity contribution < 1.29 is 4.74 Å². The van der Waals surface area contributed by atoms with Gasteiger partial charge in [-0.2, -0.15) is 0 Å². The van der Waals surface area contributed by atoms with Crippen LogP contribution in [0.4, 0.5) is 0 Å². The summed E-state index contributed by atoms with van der Waals surface area (Å²) >= 11 is 0. The molecule has 1 unspecified atom stereocenters. The number of ether oxygens (including phenoxy) is 1. The van der Waals surface area contributed by atoms with Gasteiger partial charge in [-0.1, -0.05) is 12.1 Å². The van der Waals surface area contributed by atoms with E-state index in [0.717, 1.165) is 11.3 Å². The average Bonchev–Trinajstić information content (AvgIpc) is 2.46. The molecule has 5 nitrogen and oxygen atoms in total. The van der Waals surface area contributed by atoms with Crippen molar-refractivity contribution in [2.45, 2.75) is 12.6 Å². The second kappa shape index (κ2) is 6.15. The van der Waals surface area contributed by atoms with Gasteiger partial charge in [-0.3, -0.25) is 9.36 Å². The van der Waals surface area contributed by atoms with E-state index in [1.807, 2.05) is 31.3 Å². The predicted octanol–water partition coefficient (Wildman–Crippen LogP) is 1.21. The number of aromatic nitrogens is 2. The summed E-state index contributed by atoms with van der Waals surface area (Å²) in [6.07, 6.45) is 3.05. The second-order valence-corrected chi connectivity index (χ2v) is 4.19. The Morgan fingerprint density at radius 3 is 2.95 bits per heavy atom. The average molecular weight is 259 g/mol. The van der Waals surface area contributed by atoms with Gasteiger partial charge in [-0.25, -0.2) is 4.98 Å². The Labute approximate surface area is 111 Å². The summed E-state index contributed by atoms with van der Waals surface area (Å²) in [5.41, 5.74) is 1.01. The molecular weight excluding hydrogens is 242 g/mol. The van der Waals surface area contributed by atoms with Gasteiger partial charge in [0.2, 0.25) is 0 Å². The fourth-order valence-electron chi connectivity index (χ4n) is 1.93. The van der Waals surface area contributed by atoms with E-state index in [0.29, 0.717) is 6.54 Å². The van der Waals surface area contributed by atoms with E-state index in [9.17, 15) is 4.79 Å². The highest BCUT2D eigenvalue weighted by molar-refractivity contribution is 5.30. The number of hydrogen-bond donors (Lipinski definition) is 1. The van der Waals surface area contributed by atoms with Crippen LogP contribution in [0, 0.1) is 0 Å². The van der Waals surface area contributed by atoms with E-state index in [1.165, 1.54) is 12.3 Å². The molecule has 0 spiro atoms. The fourth-order valence-corrected chi connectivity index (χ4v) is 1.93. The summed E-state index contributed by atoms with van der Waals surface area (Å²) in [6, 6.07) is 9.28. The Morgan fingerprint density at radius 2 is 2.26 bits per heavy atom. The molecule has 5 heteroatoms. The van der Waals surface area contributed by atoms with Gasteiger partial charge < -0.3 is 10.1 Å². The van der Waals surface area contributed by atoms with Gasteiger partial charge in [0, 0.05) is 18.8 Å². The smallest absolute Gasteiger partial charge is 0.253 e. The van der Waals surface area contributed by atoms with Crippen LogP contribution in [0.1, 0.15) is 11.6 Å². The molecule has 0 bridgehead atoms. The molecule has 0 amide bonds. The molecular formula is C14H17N3O2. The third-order valence-corrected chi connectivity index (χ3v) is 3.02. The highest BCUT2D eigenvalue weighted by Crippen LogP contribution is 2.19. The molecule has 1 aromatic carbocycles. The highest BCUT2D eigenvalue weighted by Gasteiger charge is 2.11. The summed E-state index contributed by atoms with van der Waals surface area (Å²) in [6.45, 7) is 0.524. The van der Waals surface area contributed by atoms with Crippen molar-refractivity contribution in [3.8, 4) is 5.75 Å². The number of nitrogens with zero attached hydrogens (tertiary/aromatic N) is 2. The number of methoxy groups -OCH3 is 1. The van der Waals surface area contributed by atoms with Gasteiger partial charge in [-0.05, 0) is 24.7 Å². The first-order valence-corrected chi connectivity index (χ1v) is 6.06. The molecule has 100 valence electrons. The lowest BCUT2D eigenvalue weighted by Gasteiger charge is -2.18.